The summed E-state index contributed by atoms with van der Waals surface area (Å²) < 4.78 is 29.4. The standard InChI is InChI=1S/C20H20FN3O4/c1-4-26-16-10-9-14(11-12(16)2)18-19(24-28-23-18)22-20(25)13(3)27-17-8-6-5-7-15(17)21/h5-11,13H,4H2,1-3H3,(H,22,24,25)/t13-/m0/s1. The van der Waals surface area contributed by atoms with E-state index in [1.165, 1.54) is 19.1 Å². The zero-order valence-electron chi connectivity index (χ0n) is 15.7. The third-order valence-electron chi connectivity index (χ3n) is 3.99. The molecule has 0 saturated heterocycles. The van der Waals surface area contributed by atoms with Gasteiger partial charge in [0.15, 0.2) is 23.4 Å². The second kappa shape index (κ2) is 8.51. The average Bonchev–Trinajstić information content (AvgIpc) is 3.13. The highest BCUT2D eigenvalue weighted by Gasteiger charge is 2.21. The van der Waals surface area contributed by atoms with Crippen molar-refractivity contribution in [2.24, 2.45) is 0 Å². The molecule has 0 spiro atoms. The third kappa shape index (κ3) is 4.28. The first-order valence-electron chi connectivity index (χ1n) is 8.78. The molecule has 0 bridgehead atoms. The molecule has 7 nitrogen and oxygen atoms in total. The Morgan fingerprint density at radius 2 is 2.00 bits per heavy atom. The number of rotatable bonds is 7. The predicted octanol–water partition coefficient (Wildman–Crippen LogP) is 3.99. The number of amides is 1. The molecule has 0 saturated carbocycles. The molecule has 8 heteroatoms. The topological polar surface area (TPSA) is 86.5 Å². The number of nitrogens with zero attached hydrogens (tertiary/aromatic N) is 2. The van der Waals surface area contributed by atoms with E-state index in [0.29, 0.717) is 17.9 Å². The van der Waals surface area contributed by atoms with Gasteiger partial charge >= 0.3 is 0 Å². The number of halogens is 1. The summed E-state index contributed by atoms with van der Waals surface area (Å²) in [6, 6.07) is 11.3. The predicted molar refractivity (Wildman–Crippen MR) is 101 cm³/mol. The summed E-state index contributed by atoms with van der Waals surface area (Å²) >= 11 is 0. The molecule has 1 atom stereocenters. The molecule has 3 aromatic rings. The first-order valence-corrected chi connectivity index (χ1v) is 8.78. The second-order valence-electron chi connectivity index (χ2n) is 6.05. The number of carbonyl (C=O) groups excluding carboxylic acids is 1. The van der Waals surface area contributed by atoms with Crippen molar-refractivity contribution in [3.8, 4) is 22.8 Å². The molecule has 1 aromatic heterocycles. The molecular formula is C20H20FN3O4. The summed E-state index contributed by atoms with van der Waals surface area (Å²) in [7, 11) is 0. The smallest absolute Gasteiger partial charge is 0.266 e. The van der Waals surface area contributed by atoms with Crippen molar-refractivity contribution in [2.75, 3.05) is 11.9 Å². The van der Waals surface area contributed by atoms with Crippen LogP contribution >= 0.6 is 0 Å². The van der Waals surface area contributed by atoms with E-state index in [1.54, 1.807) is 18.2 Å². The molecule has 0 radical (unpaired) electrons. The van der Waals surface area contributed by atoms with Crippen molar-refractivity contribution in [1.82, 2.24) is 10.3 Å². The number of ether oxygens (including phenoxy) is 2. The van der Waals surface area contributed by atoms with Gasteiger partial charge in [-0.1, -0.05) is 12.1 Å². The Labute approximate surface area is 161 Å². The fourth-order valence-corrected chi connectivity index (χ4v) is 2.58. The van der Waals surface area contributed by atoms with Gasteiger partial charge in [0.2, 0.25) is 5.82 Å². The highest BCUT2D eigenvalue weighted by Crippen LogP contribution is 2.29. The van der Waals surface area contributed by atoms with E-state index in [-0.39, 0.29) is 11.6 Å². The van der Waals surface area contributed by atoms with Crippen LogP contribution in [0, 0.1) is 12.7 Å². The van der Waals surface area contributed by atoms with Crippen molar-refractivity contribution in [3.05, 3.63) is 53.8 Å². The quantitative estimate of drug-likeness (QED) is 0.662. The fourth-order valence-electron chi connectivity index (χ4n) is 2.58. The van der Waals surface area contributed by atoms with E-state index in [2.05, 4.69) is 15.6 Å². The van der Waals surface area contributed by atoms with Gasteiger partial charge in [-0.2, -0.15) is 0 Å². The minimum Gasteiger partial charge on any atom is -0.494 e. The van der Waals surface area contributed by atoms with Gasteiger partial charge in [0.25, 0.3) is 5.91 Å². The van der Waals surface area contributed by atoms with Gasteiger partial charge in [-0.3, -0.25) is 4.79 Å². The van der Waals surface area contributed by atoms with Crippen LogP contribution in [0.5, 0.6) is 11.5 Å². The maximum atomic E-state index is 13.7. The Bertz CT molecular complexity index is 974. The molecule has 146 valence electrons. The summed E-state index contributed by atoms with van der Waals surface area (Å²) in [6.07, 6.45) is -0.955. The van der Waals surface area contributed by atoms with E-state index in [1.807, 2.05) is 26.0 Å². The van der Waals surface area contributed by atoms with Gasteiger partial charge in [-0.25, -0.2) is 9.02 Å². The van der Waals surface area contributed by atoms with Gasteiger partial charge < -0.3 is 14.8 Å². The van der Waals surface area contributed by atoms with Gasteiger partial charge in [-0.15, -0.1) is 0 Å². The monoisotopic (exact) mass is 385 g/mol. The highest BCUT2D eigenvalue weighted by molar-refractivity contribution is 5.96. The summed E-state index contributed by atoms with van der Waals surface area (Å²) in [5.74, 6) is -0.151. The van der Waals surface area contributed by atoms with Crippen LogP contribution in [0.2, 0.25) is 0 Å². The van der Waals surface area contributed by atoms with Crippen LogP contribution in [0.3, 0.4) is 0 Å². The lowest BCUT2D eigenvalue weighted by Gasteiger charge is -2.14. The van der Waals surface area contributed by atoms with E-state index < -0.39 is 17.8 Å². The first kappa shape index (κ1) is 19.3. The lowest BCUT2D eigenvalue weighted by molar-refractivity contribution is -0.122. The minimum absolute atomic E-state index is 0.00853. The molecule has 0 unspecified atom stereocenters. The molecular weight excluding hydrogens is 365 g/mol. The third-order valence-corrected chi connectivity index (χ3v) is 3.99. The first-order chi connectivity index (χ1) is 13.5. The number of hydrogen-bond donors (Lipinski definition) is 1. The molecule has 1 heterocycles. The van der Waals surface area contributed by atoms with Crippen LogP contribution in [0.25, 0.3) is 11.3 Å². The van der Waals surface area contributed by atoms with Crippen LogP contribution in [-0.2, 0) is 4.79 Å². The molecule has 0 aliphatic carbocycles. The molecule has 0 aliphatic heterocycles. The maximum absolute atomic E-state index is 13.7. The maximum Gasteiger partial charge on any atom is 0.266 e. The molecule has 0 aliphatic rings. The van der Waals surface area contributed by atoms with E-state index >= 15 is 0 Å². The zero-order chi connectivity index (χ0) is 20.1. The SMILES string of the molecule is CCOc1ccc(-c2nonc2NC(=O)[C@H](C)Oc2ccccc2F)cc1C. The average molecular weight is 385 g/mol. The van der Waals surface area contributed by atoms with Crippen LogP contribution in [0.1, 0.15) is 19.4 Å². The van der Waals surface area contributed by atoms with Gasteiger partial charge in [0, 0.05) is 5.56 Å². The van der Waals surface area contributed by atoms with E-state index in [9.17, 15) is 9.18 Å². The number of aryl methyl sites for hydroxylation is 1. The number of benzene rings is 2. The van der Waals surface area contributed by atoms with Crippen LogP contribution in [-0.4, -0.2) is 28.9 Å². The van der Waals surface area contributed by atoms with Crippen molar-refractivity contribution in [3.63, 3.8) is 0 Å². The number of carbonyl (C=O) groups is 1. The fraction of sp³-hybridized carbons (Fsp3) is 0.250. The lowest BCUT2D eigenvalue weighted by Crippen LogP contribution is -2.30. The van der Waals surface area contributed by atoms with Gasteiger partial charge in [0.1, 0.15) is 5.75 Å². The molecule has 28 heavy (non-hydrogen) atoms. The Hall–Kier alpha value is -3.42. The molecule has 3 rings (SSSR count). The minimum atomic E-state index is -0.955. The Kier molecular flexibility index (Phi) is 5.88. The van der Waals surface area contributed by atoms with Crippen molar-refractivity contribution >= 4 is 11.7 Å². The molecule has 0 fully saturated rings. The number of para-hydroxylation sites is 1. The molecule has 1 amide bonds. The van der Waals surface area contributed by atoms with Gasteiger partial charge in [-0.05, 0) is 67.0 Å². The zero-order valence-corrected chi connectivity index (χ0v) is 15.7. The molecule has 2 aromatic carbocycles. The largest absolute Gasteiger partial charge is 0.494 e. The number of nitrogens with one attached hydrogen (secondary N) is 1. The normalized spacial score (nSPS) is 11.7. The van der Waals surface area contributed by atoms with Crippen molar-refractivity contribution in [2.45, 2.75) is 26.9 Å². The van der Waals surface area contributed by atoms with Gasteiger partial charge in [0.05, 0.1) is 6.61 Å². The Balaban J connectivity index is 1.74. The van der Waals surface area contributed by atoms with E-state index in [0.717, 1.165) is 11.3 Å². The molecule has 1 N–H and O–H groups in total. The second-order valence-corrected chi connectivity index (χ2v) is 6.05. The van der Waals surface area contributed by atoms with Crippen molar-refractivity contribution in [1.29, 1.82) is 0 Å². The number of aromatic nitrogens is 2. The van der Waals surface area contributed by atoms with Crippen LogP contribution < -0.4 is 14.8 Å². The number of anilines is 1. The van der Waals surface area contributed by atoms with Crippen LogP contribution in [0.4, 0.5) is 10.2 Å². The van der Waals surface area contributed by atoms with Crippen molar-refractivity contribution < 1.29 is 23.3 Å². The summed E-state index contributed by atoms with van der Waals surface area (Å²) in [5.41, 5.74) is 1.99. The Morgan fingerprint density at radius 1 is 1.21 bits per heavy atom. The number of hydrogen-bond acceptors (Lipinski definition) is 6. The highest BCUT2D eigenvalue weighted by atomic mass is 19.1. The summed E-state index contributed by atoms with van der Waals surface area (Å²) in [4.78, 5) is 12.4. The van der Waals surface area contributed by atoms with E-state index in [4.69, 9.17) is 14.1 Å². The van der Waals surface area contributed by atoms with Crippen LogP contribution in [0.15, 0.2) is 47.1 Å². The lowest BCUT2D eigenvalue weighted by atomic mass is 10.1. The Morgan fingerprint density at radius 3 is 2.71 bits per heavy atom. The summed E-state index contributed by atoms with van der Waals surface area (Å²) in [5, 5.41) is 10.2. The summed E-state index contributed by atoms with van der Waals surface area (Å²) in [6.45, 7) is 5.89.